The number of unbranched alkanes of at least 4 members (excludes halogenated alkanes) is 3. The Morgan fingerprint density at radius 3 is 2.55 bits per heavy atom. The molecule has 0 unspecified atom stereocenters. The first-order valence-electron chi connectivity index (χ1n) is 7.29. The monoisotopic (exact) mass is 276 g/mol. The molecule has 0 aromatic heterocycles. The van der Waals surface area contributed by atoms with Gasteiger partial charge in [-0.2, -0.15) is 0 Å². The van der Waals surface area contributed by atoms with Crippen molar-refractivity contribution in [3.05, 3.63) is 35.9 Å². The summed E-state index contributed by atoms with van der Waals surface area (Å²) >= 11 is 0. The minimum atomic E-state index is -0.939. The number of aliphatic carboxylic acids is 1. The molecule has 0 fully saturated rings. The first-order valence-corrected chi connectivity index (χ1v) is 7.29. The number of hydrogen-bond donors (Lipinski definition) is 1. The molecule has 0 aliphatic carbocycles. The topological polar surface area (TPSA) is 46.5 Å². The van der Waals surface area contributed by atoms with Crippen molar-refractivity contribution in [2.24, 2.45) is 0 Å². The van der Waals surface area contributed by atoms with E-state index >= 15 is 0 Å². The van der Waals surface area contributed by atoms with Gasteiger partial charge in [0.1, 0.15) is 5.75 Å². The van der Waals surface area contributed by atoms with Gasteiger partial charge in [0.15, 0.2) is 0 Å². The van der Waals surface area contributed by atoms with Crippen LogP contribution >= 0.6 is 0 Å². The van der Waals surface area contributed by atoms with Crippen molar-refractivity contribution in [3.8, 4) is 5.75 Å². The van der Waals surface area contributed by atoms with Crippen molar-refractivity contribution in [2.75, 3.05) is 0 Å². The third-order valence-corrected chi connectivity index (χ3v) is 3.10. The van der Waals surface area contributed by atoms with E-state index in [2.05, 4.69) is 13.8 Å². The van der Waals surface area contributed by atoms with Gasteiger partial charge in [-0.15, -0.1) is 0 Å². The molecule has 0 aliphatic rings. The van der Waals surface area contributed by atoms with Crippen LogP contribution in [0.1, 0.15) is 51.5 Å². The van der Waals surface area contributed by atoms with Crippen molar-refractivity contribution in [1.82, 2.24) is 0 Å². The smallest absolute Gasteiger partial charge is 0.328 e. The summed E-state index contributed by atoms with van der Waals surface area (Å²) in [6.45, 7) is 4.30. The lowest BCUT2D eigenvalue weighted by Crippen LogP contribution is -2.11. The van der Waals surface area contributed by atoms with Gasteiger partial charge >= 0.3 is 5.97 Å². The van der Waals surface area contributed by atoms with Gasteiger partial charge in [0, 0.05) is 6.08 Å². The van der Waals surface area contributed by atoms with E-state index in [1.165, 1.54) is 25.7 Å². The lowest BCUT2D eigenvalue weighted by Gasteiger charge is -2.14. The van der Waals surface area contributed by atoms with Gasteiger partial charge in [0.2, 0.25) is 0 Å². The van der Waals surface area contributed by atoms with Crippen LogP contribution in [0.3, 0.4) is 0 Å². The maximum absolute atomic E-state index is 10.4. The van der Waals surface area contributed by atoms with Gasteiger partial charge in [0.25, 0.3) is 0 Å². The van der Waals surface area contributed by atoms with E-state index in [0.29, 0.717) is 0 Å². The molecule has 110 valence electrons. The normalized spacial score (nSPS) is 12.5. The summed E-state index contributed by atoms with van der Waals surface area (Å²) in [6.07, 6.45) is 9.00. The fourth-order valence-electron chi connectivity index (χ4n) is 1.97. The van der Waals surface area contributed by atoms with E-state index in [1.807, 2.05) is 24.3 Å². The Labute approximate surface area is 121 Å². The van der Waals surface area contributed by atoms with E-state index in [-0.39, 0.29) is 6.10 Å². The summed E-state index contributed by atoms with van der Waals surface area (Å²) in [5.41, 5.74) is 0.857. The van der Waals surface area contributed by atoms with Crippen molar-refractivity contribution < 1.29 is 14.6 Å². The summed E-state index contributed by atoms with van der Waals surface area (Å²) in [6, 6.07) is 7.48. The first-order chi connectivity index (χ1) is 9.61. The Kier molecular flexibility index (Phi) is 7.48. The maximum Gasteiger partial charge on any atom is 0.328 e. The molecule has 0 spiro atoms. The fraction of sp³-hybridized carbons (Fsp3) is 0.471. The van der Waals surface area contributed by atoms with Crippen LogP contribution in [0, 0.1) is 0 Å². The Morgan fingerprint density at radius 2 is 1.95 bits per heavy atom. The van der Waals surface area contributed by atoms with E-state index in [0.717, 1.165) is 23.8 Å². The third-order valence-electron chi connectivity index (χ3n) is 3.10. The number of carboxylic acids is 1. The van der Waals surface area contributed by atoms with Crippen molar-refractivity contribution in [3.63, 3.8) is 0 Å². The average molecular weight is 276 g/mol. The summed E-state index contributed by atoms with van der Waals surface area (Å²) in [5.74, 6) is -0.105. The van der Waals surface area contributed by atoms with Gasteiger partial charge in [-0.3, -0.25) is 0 Å². The van der Waals surface area contributed by atoms with E-state index in [1.54, 1.807) is 6.08 Å². The van der Waals surface area contributed by atoms with E-state index in [4.69, 9.17) is 9.84 Å². The Balaban J connectivity index is 2.38. The molecule has 0 aliphatic heterocycles. The molecule has 3 nitrogen and oxygen atoms in total. The number of carbonyl (C=O) groups is 1. The van der Waals surface area contributed by atoms with Crippen molar-refractivity contribution in [1.29, 1.82) is 0 Å². The summed E-state index contributed by atoms with van der Waals surface area (Å²) in [7, 11) is 0. The van der Waals surface area contributed by atoms with Gasteiger partial charge in [0.05, 0.1) is 6.10 Å². The highest BCUT2D eigenvalue weighted by atomic mass is 16.5. The number of carboxylic acid groups (broad SMARTS) is 1. The number of rotatable bonds is 9. The molecular weight excluding hydrogens is 252 g/mol. The Bertz CT molecular complexity index is 420. The fourth-order valence-corrected chi connectivity index (χ4v) is 1.97. The third kappa shape index (κ3) is 6.98. The zero-order chi connectivity index (χ0) is 14.8. The lowest BCUT2D eigenvalue weighted by atomic mass is 10.1. The van der Waals surface area contributed by atoms with Crippen molar-refractivity contribution in [2.45, 2.75) is 52.1 Å². The molecule has 0 amide bonds. The SMILES string of the molecule is CCCCCC[C@@H](C)Oc1ccc(/C=C/C(=O)O)cc1. The molecule has 0 radical (unpaired) electrons. The molecule has 1 atom stereocenters. The second kappa shape index (κ2) is 9.18. The van der Waals surface area contributed by atoms with Crippen molar-refractivity contribution >= 4 is 12.0 Å². The maximum atomic E-state index is 10.4. The van der Waals surface area contributed by atoms with E-state index in [9.17, 15) is 4.79 Å². The predicted octanol–water partition coefficient (Wildman–Crippen LogP) is 4.52. The largest absolute Gasteiger partial charge is 0.491 e. The highest BCUT2D eigenvalue weighted by Crippen LogP contribution is 2.17. The first kappa shape index (κ1) is 16.3. The molecule has 0 saturated carbocycles. The molecule has 1 N–H and O–H groups in total. The lowest BCUT2D eigenvalue weighted by molar-refractivity contribution is -0.131. The molecule has 0 heterocycles. The summed E-state index contributed by atoms with van der Waals surface area (Å²) in [5, 5.41) is 8.56. The Morgan fingerprint density at radius 1 is 1.25 bits per heavy atom. The number of hydrogen-bond acceptors (Lipinski definition) is 2. The van der Waals surface area contributed by atoms with Gasteiger partial charge < -0.3 is 9.84 Å². The molecule has 1 aromatic carbocycles. The molecule has 0 bridgehead atoms. The number of benzene rings is 1. The summed E-state index contributed by atoms with van der Waals surface area (Å²) in [4.78, 5) is 10.4. The summed E-state index contributed by atoms with van der Waals surface area (Å²) < 4.78 is 5.83. The van der Waals surface area contributed by atoms with Crippen LogP contribution in [0.25, 0.3) is 6.08 Å². The van der Waals surface area contributed by atoms with Crippen LogP contribution in [0.2, 0.25) is 0 Å². The van der Waals surface area contributed by atoms with Gasteiger partial charge in [-0.05, 0) is 43.5 Å². The molecule has 20 heavy (non-hydrogen) atoms. The molecule has 1 aromatic rings. The van der Waals surface area contributed by atoms with Gasteiger partial charge in [-0.1, -0.05) is 38.3 Å². The van der Waals surface area contributed by atoms with Crippen LogP contribution in [0.5, 0.6) is 5.75 Å². The van der Waals surface area contributed by atoms with Crippen LogP contribution in [-0.2, 0) is 4.79 Å². The average Bonchev–Trinajstić information content (AvgIpc) is 2.43. The van der Waals surface area contributed by atoms with Crippen LogP contribution in [0.4, 0.5) is 0 Å². The second-order valence-electron chi connectivity index (χ2n) is 5.02. The zero-order valence-electron chi connectivity index (χ0n) is 12.3. The highest BCUT2D eigenvalue weighted by molar-refractivity contribution is 5.85. The minimum absolute atomic E-state index is 0.215. The highest BCUT2D eigenvalue weighted by Gasteiger charge is 2.03. The van der Waals surface area contributed by atoms with Crippen LogP contribution in [-0.4, -0.2) is 17.2 Å². The quantitative estimate of drug-likeness (QED) is 0.532. The Hall–Kier alpha value is -1.77. The second-order valence-corrected chi connectivity index (χ2v) is 5.02. The number of ether oxygens (including phenoxy) is 1. The van der Waals surface area contributed by atoms with Gasteiger partial charge in [-0.25, -0.2) is 4.79 Å². The predicted molar refractivity (Wildman–Crippen MR) is 82.0 cm³/mol. The zero-order valence-corrected chi connectivity index (χ0v) is 12.3. The van der Waals surface area contributed by atoms with Crippen LogP contribution < -0.4 is 4.74 Å². The molecule has 3 heteroatoms. The van der Waals surface area contributed by atoms with Crippen LogP contribution in [0.15, 0.2) is 30.3 Å². The standard InChI is InChI=1S/C17H24O3/c1-3-4-5-6-7-14(2)20-16-11-8-15(9-12-16)10-13-17(18)19/h8-14H,3-7H2,1-2H3,(H,18,19)/b13-10+/t14-/m1/s1. The van der Waals surface area contributed by atoms with E-state index < -0.39 is 5.97 Å². The molecular formula is C17H24O3. The molecule has 0 saturated heterocycles. The molecule has 1 rings (SSSR count). The minimum Gasteiger partial charge on any atom is -0.491 e.